The summed E-state index contributed by atoms with van der Waals surface area (Å²) in [4.78, 5) is 0. The van der Waals surface area contributed by atoms with Crippen molar-refractivity contribution >= 4 is 0 Å². The van der Waals surface area contributed by atoms with Crippen LogP contribution in [0.1, 0.15) is 72.9 Å². The highest BCUT2D eigenvalue weighted by Gasteiger charge is 2.01. The largest absolute Gasteiger partial charge is 0.206 e. The average Bonchev–Trinajstić information content (AvgIpc) is 2.81. The number of unbranched alkanes of at least 4 members (excludes halogenated alkanes) is 2. The second-order valence-electron chi connectivity index (χ2n) is 7.80. The summed E-state index contributed by atoms with van der Waals surface area (Å²) in [7, 11) is 0. The highest BCUT2D eigenvalue weighted by molar-refractivity contribution is 5.48. The van der Waals surface area contributed by atoms with E-state index in [0.717, 1.165) is 47.9 Å². The van der Waals surface area contributed by atoms with Gasteiger partial charge in [0.2, 0.25) is 0 Å². The van der Waals surface area contributed by atoms with Crippen molar-refractivity contribution < 1.29 is 4.39 Å². The van der Waals surface area contributed by atoms with Crippen LogP contribution in [0.3, 0.4) is 0 Å². The third-order valence-corrected chi connectivity index (χ3v) is 5.20. The van der Waals surface area contributed by atoms with E-state index in [9.17, 15) is 4.39 Å². The molecule has 3 aromatic carbocycles. The van der Waals surface area contributed by atoms with Crippen LogP contribution in [-0.4, -0.2) is 0 Å². The summed E-state index contributed by atoms with van der Waals surface area (Å²) >= 11 is 0. The monoisotopic (exact) mass is 408 g/mol. The summed E-state index contributed by atoms with van der Waals surface area (Å²) in [5.41, 5.74) is 5.63. The Morgan fingerprint density at radius 1 is 0.581 bits per heavy atom. The van der Waals surface area contributed by atoms with Crippen LogP contribution in [0.15, 0.2) is 66.7 Å². The molecule has 0 saturated heterocycles. The molecule has 156 valence electrons. The fourth-order valence-electron chi connectivity index (χ4n) is 3.25. The summed E-state index contributed by atoms with van der Waals surface area (Å²) in [6.45, 7) is 4.35. The van der Waals surface area contributed by atoms with Gasteiger partial charge in [-0.25, -0.2) is 4.39 Å². The van der Waals surface area contributed by atoms with E-state index >= 15 is 0 Å². The molecule has 0 aliphatic rings. The molecule has 0 bridgehead atoms. The Kier molecular flexibility index (Phi) is 8.51. The van der Waals surface area contributed by atoms with Crippen LogP contribution in [0.25, 0.3) is 0 Å². The molecule has 0 aliphatic heterocycles. The molecule has 0 N–H and O–H groups in total. The second kappa shape index (κ2) is 11.8. The number of rotatable bonds is 6. The minimum absolute atomic E-state index is 0.246. The lowest BCUT2D eigenvalue weighted by molar-refractivity contribution is 0.620. The maximum absolute atomic E-state index is 14.3. The predicted molar refractivity (Wildman–Crippen MR) is 128 cm³/mol. The Bertz CT molecular complexity index is 1100. The van der Waals surface area contributed by atoms with E-state index in [4.69, 9.17) is 0 Å². The third-order valence-electron chi connectivity index (χ3n) is 5.20. The summed E-state index contributed by atoms with van der Waals surface area (Å²) < 4.78 is 14.3. The smallest absolute Gasteiger partial charge is 0.139 e. The van der Waals surface area contributed by atoms with E-state index in [1.54, 1.807) is 12.1 Å². The normalized spacial score (nSPS) is 10.0. The lowest BCUT2D eigenvalue weighted by Crippen LogP contribution is -1.90. The first-order chi connectivity index (χ1) is 15.2. The molecular weight excluding hydrogens is 379 g/mol. The van der Waals surface area contributed by atoms with E-state index < -0.39 is 0 Å². The molecule has 1 heteroatoms. The highest BCUT2D eigenvalue weighted by Crippen LogP contribution is 2.13. The van der Waals surface area contributed by atoms with Gasteiger partial charge in [0.15, 0.2) is 0 Å². The Hall–Kier alpha value is -3.29. The minimum Gasteiger partial charge on any atom is -0.206 e. The molecule has 0 saturated carbocycles. The maximum Gasteiger partial charge on any atom is 0.139 e. The minimum atomic E-state index is -0.246. The fraction of sp³-hybridized carbons (Fsp3) is 0.267. The zero-order chi connectivity index (χ0) is 21.9. The first-order valence-electron chi connectivity index (χ1n) is 11.2. The van der Waals surface area contributed by atoms with Gasteiger partial charge in [-0.15, -0.1) is 0 Å². The van der Waals surface area contributed by atoms with E-state index in [1.807, 2.05) is 30.3 Å². The standard InChI is InChI=1S/C30H29F/c1-3-5-7-24-9-11-25(12-10-24)13-14-26-15-17-27(18-16-26)19-21-29-22-20-28(8-6-4-2)23-30(29)31/h9-12,15-18,20,22-23H,3-8H2,1-2H3. The quantitative estimate of drug-likeness (QED) is 0.375. The summed E-state index contributed by atoms with van der Waals surface area (Å²) in [6.07, 6.45) is 6.64. The molecule has 0 unspecified atom stereocenters. The van der Waals surface area contributed by atoms with Gasteiger partial charge in [-0.2, -0.15) is 0 Å². The Labute approximate surface area is 186 Å². The molecule has 3 aromatic rings. The van der Waals surface area contributed by atoms with Gasteiger partial charge in [0.25, 0.3) is 0 Å². The summed E-state index contributed by atoms with van der Waals surface area (Å²) in [6, 6.07) is 21.6. The van der Waals surface area contributed by atoms with Gasteiger partial charge >= 0.3 is 0 Å². The van der Waals surface area contributed by atoms with Gasteiger partial charge in [0.05, 0.1) is 5.56 Å². The molecule has 0 aromatic heterocycles. The van der Waals surface area contributed by atoms with Gasteiger partial charge in [0, 0.05) is 16.7 Å². The van der Waals surface area contributed by atoms with Crippen LogP contribution in [0.5, 0.6) is 0 Å². The Balaban J connectivity index is 1.63. The van der Waals surface area contributed by atoms with Gasteiger partial charge in [-0.05, 0) is 85.3 Å². The molecule has 3 rings (SSSR count). The van der Waals surface area contributed by atoms with E-state index in [1.165, 1.54) is 18.4 Å². The summed E-state index contributed by atoms with van der Waals surface area (Å²) in [5, 5.41) is 0. The zero-order valence-electron chi connectivity index (χ0n) is 18.5. The van der Waals surface area contributed by atoms with Crippen LogP contribution < -0.4 is 0 Å². The van der Waals surface area contributed by atoms with Crippen LogP contribution in [-0.2, 0) is 12.8 Å². The number of hydrogen-bond acceptors (Lipinski definition) is 0. The lowest BCUT2D eigenvalue weighted by atomic mass is 10.1. The maximum atomic E-state index is 14.3. The SMILES string of the molecule is CCCCc1ccc(C#Cc2ccc(C#Cc3ccc(CCCC)cc3F)cc2)cc1. The second-order valence-corrected chi connectivity index (χ2v) is 7.80. The molecule has 0 spiro atoms. The van der Waals surface area contributed by atoms with Crippen molar-refractivity contribution in [3.63, 3.8) is 0 Å². The molecule has 0 nitrogen and oxygen atoms in total. The third kappa shape index (κ3) is 7.16. The van der Waals surface area contributed by atoms with Gasteiger partial charge in [-0.1, -0.05) is 68.6 Å². The first kappa shape index (κ1) is 22.4. The van der Waals surface area contributed by atoms with Crippen molar-refractivity contribution in [2.24, 2.45) is 0 Å². The van der Waals surface area contributed by atoms with E-state index in [2.05, 4.69) is 61.8 Å². The predicted octanol–water partition coefficient (Wildman–Crippen LogP) is 7.31. The van der Waals surface area contributed by atoms with Crippen molar-refractivity contribution in [1.82, 2.24) is 0 Å². The van der Waals surface area contributed by atoms with Crippen molar-refractivity contribution in [1.29, 1.82) is 0 Å². The van der Waals surface area contributed by atoms with E-state index in [0.29, 0.717) is 5.56 Å². The van der Waals surface area contributed by atoms with E-state index in [-0.39, 0.29) is 5.82 Å². The van der Waals surface area contributed by atoms with Gasteiger partial charge < -0.3 is 0 Å². The van der Waals surface area contributed by atoms with Crippen LogP contribution in [0.2, 0.25) is 0 Å². The summed E-state index contributed by atoms with van der Waals surface area (Å²) in [5.74, 6) is 12.2. The van der Waals surface area contributed by atoms with Crippen molar-refractivity contribution in [3.8, 4) is 23.7 Å². The number of aryl methyl sites for hydroxylation is 2. The van der Waals surface area contributed by atoms with Crippen molar-refractivity contribution in [3.05, 3.63) is 106 Å². The fourth-order valence-corrected chi connectivity index (χ4v) is 3.25. The number of hydrogen-bond donors (Lipinski definition) is 0. The number of halogens is 1. The molecule has 31 heavy (non-hydrogen) atoms. The molecule has 0 heterocycles. The Morgan fingerprint density at radius 2 is 1.03 bits per heavy atom. The zero-order valence-corrected chi connectivity index (χ0v) is 18.5. The number of benzene rings is 3. The van der Waals surface area contributed by atoms with Crippen LogP contribution in [0.4, 0.5) is 4.39 Å². The molecule has 0 atom stereocenters. The van der Waals surface area contributed by atoms with Crippen molar-refractivity contribution in [2.45, 2.75) is 52.4 Å². The Morgan fingerprint density at radius 3 is 1.55 bits per heavy atom. The van der Waals surface area contributed by atoms with Crippen LogP contribution >= 0.6 is 0 Å². The first-order valence-corrected chi connectivity index (χ1v) is 11.2. The molecule has 0 radical (unpaired) electrons. The lowest BCUT2D eigenvalue weighted by Gasteiger charge is -2.01. The average molecular weight is 409 g/mol. The van der Waals surface area contributed by atoms with Crippen LogP contribution in [0, 0.1) is 29.5 Å². The molecule has 0 fully saturated rings. The molecule has 0 aliphatic carbocycles. The van der Waals surface area contributed by atoms with Crippen molar-refractivity contribution in [2.75, 3.05) is 0 Å². The topological polar surface area (TPSA) is 0 Å². The van der Waals surface area contributed by atoms with Gasteiger partial charge in [-0.3, -0.25) is 0 Å². The molecule has 0 amide bonds. The highest BCUT2D eigenvalue weighted by atomic mass is 19.1. The molecular formula is C30H29F. The van der Waals surface area contributed by atoms with Gasteiger partial charge in [0.1, 0.15) is 5.82 Å².